The van der Waals surface area contributed by atoms with Gasteiger partial charge >= 0.3 is 0 Å². The van der Waals surface area contributed by atoms with Gasteiger partial charge in [-0.3, -0.25) is 29.0 Å². The number of allylic oxidation sites excluding steroid dienone is 2. The minimum absolute atomic E-state index is 0.159. The van der Waals surface area contributed by atoms with E-state index in [4.69, 9.17) is 23.2 Å². The third kappa shape index (κ3) is 3.85. The van der Waals surface area contributed by atoms with Crippen LogP contribution in [0.1, 0.15) is 24.3 Å². The number of hydrogen-bond donors (Lipinski definition) is 1. The van der Waals surface area contributed by atoms with Crippen molar-refractivity contribution in [1.29, 1.82) is 0 Å². The molecular weight excluding hydrogens is 582 g/mol. The topological polar surface area (TPSA) is 95.0 Å². The maximum absolute atomic E-state index is 14.7. The molecule has 2 aliphatic carbocycles. The molecule has 4 aliphatic rings. The maximum Gasteiger partial charge on any atom is 0.238 e. The lowest BCUT2D eigenvalue weighted by molar-refractivity contribution is -0.126. The van der Waals surface area contributed by atoms with Crippen LogP contribution < -0.4 is 9.80 Å². The van der Waals surface area contributed by atoms with E-state index in [1.165, 1.54) is 11.0 Å². The van der Waals surface area contributed by atoms with E-state index in [1.807, 2.05) is 6.08 Å². The normalized spacial score (nSPS) is 28.5. The van der Waals surface area contributed by atoms with E-state index < -0.39 is 64.8 Å². The predicted octanol–water partition coefficient (Wildman–Crippen LogP) is 5.88. The summed E-state index contributed by atoms with van der Waals surface area (Å²) in [5.74, 6) is -7.77. The van der Waals surface area contributed by atoms with Gasteiger partial charge in [0, 0.05) is 21.5 Å². The molecule has 212 valence electrons. The molecule has 4 amide bonds. The van der Waals surface area contributed by atoms with Gasteiger partial charge in [-0.1, -0.05) is 47.0 Å². The van der Waals surface area contributed by atoms with Crippen LogP contribution in [0, 0.1) is 35.4 Å². The minimum atomic E-state index is -0.931. The average Bonchev–Trinajstić information content (AvgIpc) is 3.38. The molecule has 3 aromatic carbocycles. The zero-order valence-electron chi connectivity index (χ0n) is 21.9. The van der Waals surface area contributed by atoms with Crippen molar-refractivity contribution < 1.29 is 28.7 Å². The van der Waals surface area contributed by atoms with E-state index >= 15 is 0 Å². The number of benzene rings is 3. The molecule has 1 N–H and O–H groups in total. The van der Waals surface area contributed by atoms with Crippen LogP contribution in [0.25, 0.3) is 0 Å². The van der Waals surface area contributed by atoms with Gasteiger partial charge in [0.05, 0.1) is 35.0 Å². The number of nitrogens with zero attached hydrogens (tertiary/aromatic N) is 2. The number of para-hydroxylation sites is 1. The monoisotopic (exact) mass is 604 g/mol. The molecule has 42 heavy (non-hydrogen) atoms. The Hall–Kier alpha value is -4.01. The van der Waals surface area contributed by atoms with Gasteiger partial charge in [-0.25, -0.2) is 4.39 Å². The highest BCUT2D eigenvalue weighted by Crippen LogP contribution is 2.59. The number of halogens is 3. The second-order valence-electron chi connectivity index (χ2n) is 11.2. The Morgan fingerprint density at radius 3 is 1.83 bits per heavy atom. The summed E-state index contributed by atoms with van der Waals surface area (Å²) in [7, 11) is 0. The minimum Gasteiger partial charge on any atom is -0.505 e. The highest BCUT2D eigenvalue weighted by Gasteiger charge is 2.62. The molecule has 2 heterocycles. The van der Waals surface area contributed by atoms with Crippen LogP contribution in [-0.4, -0.2) is 28.7 Å². The Morgan fingerprint density at radius 1 is 0.690 bits per heavy atom. The SMILES string of the molecule is O=C1[C@H]2[C@H](CC=C3[C@H]2C[C@H]2C(=O)N(c4ccc(Cl)cc4)C(=O)[C@H]2[C@H]3c2cccc(F)c2O)C(=O)N1c1ccc(Cl)cc1. The fourth-order valence-corrected chi connectivity index (χ4v) is 7.66. The summed E-state index contributed by atoms with van der Waals surface area (Å²) in [5, 5.41) is 11.8. The molecule has 0 radical (unpaired) electrons. The third-order valence-corrected chi connectivity index (χ3v) is 9.68. The fraction of sp³-hybridized carbons (Fsp3) is 0.250. The largest absolute Gasteiger partial charge is 0.505 e. The second kappa shape index (κ2) is 9.78. The van der Waals surface area contributed by atoms with Crippen molar-refractivity contribution in [2.45, 2.75) is 18.8 Å². The molecule has 0 aromatic heterocycles. The first-order valence-corrected chi connectivity index (χ1v) is 14.4. The number of rotatable bonds is 3. The third-order valence-electron chi connectivity index (χ3n) is 9.17. The molecule has 3 fully saturated rings. The van der Waals surface area contributed by atoms with Gasteiger partial charge in [0.1, 0.15) is 0 Å². The van der Waals surface area contributed by atoms with E-state index in [9.17, 15) is 28.7 Å². The second-order valence-corrected chi connectivity index (χ2v) is 12.1. The number of hydrogen-bond acceptors (Lipinski definition) is 5. The van der Waals surface area contributed by atoms with Crippen molar-refractivity contribution in [3.05, 3.63) is 99.8 Å². The van der Waals surface area contributed by atoms with Crippen LogP contribution in [0.3, 0.4) is 0 Å². The van der Waals surface area contributed by atoms with Crippen molar-refractivity contribution in [3.63, 3.8) is 0 Å². The lowest BCUT2D eigenvalue weighted by Crippen LogP contribution is -2.43. The number of fused-ring (bicyclic) bond motifs is 4. The number of phenolic OH excluding ortho intramolecular Hbond substituents is 1. The Morgan fingerprint density at radius 2 is 1.24 bits per heavy atom. The van der Waals surface area contributed by atoms with Gasteiger partial charge in [-0.2, -0.15) is 0 Å². The molecule has 6 atom stereocenters. The van der Waals surface area contributed by atoms with Crippen molar-refractivity contribution in [2.75, 3.05) is 9.80 Å². The molecule has 0 unspecified atom stereocenters. The van der Waals surface area contributed by atoms with Gasteiger partial charge in [0.2, 0.25) is 23.6 Å². The van der Waals surface area contributed by atoms with Crippen molar-refractivity contribution in [1.82, 2.24) is 0 Å². The molecule has 2 aliphatic heterocycles. The molecule has 10 heteroatoms. The number of carbonyl (C=O) groups is 4. The summed E-state index contributed by atoms with van der Waals surface area (Å²) in [6.45, 7) is 0. The first-order valence-electron chi connectivity index (χ1n) is 13.6. The summed E-state index contributed by atoms with van der Waals surface area (Å²) in [5.41, 5.74) is 1.59. The lowest BCUT2D eigenvalue weighted by Gasteiger charge is -2.44. The van der Waals surface area contributed by atoms with E-state index in [2.05, 4.69) is 0 Å². The van der Waals surface area contributed by atoms with E-state index in [0.29, 0.717) is 27.0 Å². The number of amides is 4. The molecule has 3 aromatic rings. The van der Waals surface area contributed by atoms with Crippen LogP contribution in [0.5, 0.6) is 5.75 Å². The van der Waals surface area contributed by atoms with Crippen molar-refractivity contribution >= 4 is 58.2 Å². The van der Waals surface area contributed by atoms with Gasteiger partial charge in [-0.15, -0.1) is 0 Å². The van der Waals surface area contributed by atoms with Crippen LogP contribution in [0.15, 0.2) is 78.4 Å². The Labute approximate surface area is 250 Å². The standard InChI is InChI=1S/C32H23Cl2FN2O5/c33-15-4-8-17(9-5-15)36-29(39)21-13-12-19-22(26(21)31(36)41)14-23-27(25(19)20-2-1-3-24(35)28(20)38)32(42)37(30(23)40)18-10-6-16(34)7-11-18/h1-12,21-23,25-27,38H,13-14H2/t21-,22+,23+,25+,26-,27+/m0/s1. The molecule has 7 nitrogen and oxygen atoms in total. The van der Waals surface area contributed by atoms with Crippen LogP contribution in [0.2, 0.25) is 10.0 Å². The maximum atomic E-state index is 14.7. The molecular formula is C32H23Cl2FN2O5. The highest BCUT2D eigenvalue weighted by atomic mass is 35.5. The number of aromatic hydroxyl groups is 1. The Balaban J connectivity index is 1.35. The highest BCUT2D eigenvalue weighted by molar-refractivity contribution is 6.31. The Kier molecular flexibility index (Phi) is 6.26. The zero-order valence-corrected chi connectivity index (χ0v) is 23.4. The van der Waals surface area contributed by atoms with Crippen molar-refractivity contribution in [3.8, 4) is 5.75 Å². The first-order chi connectivity index (χ1) is 20.2. The average molecular weight is 605 g/mol. The molecule has 0 bridgehead atoms. The number of anilines is 2. The number of phenols is 1. The summed E-state index contributed by atoms with van der Waals surface area (Å²) in [6.07, 6.45) is 2.24. The van der Waals surface area contributed by atoms with Crippen LogP contribution >= 0.6 is 23.2 Å². The van der Waals surface area contributed by atoms with E-state index in [-0.39, 0.29) is 24.3 Å². The van der Waals surface area contributed by atoms with E-state index in [1.54, 1.807) is 54.6 Å². The molecule has 0 spiro atoms. The van der Waals surface area contributed by atoms with Gasteiger partial charge in [-0.05, 0) is 73.4 Å². The number of imide groups is 2. The zero-order chi connectivity index (χ0) is 29.4. The predicted molar refractivity (Wildman–Crippen MR) is 153 cm³/mol. The van der Waals surface area contributed by atoms with E-state index in [0.717, 1.165) is 11.0 Å². The summed E-state index contributed by atoms with van der Waals surface area (Å²) in [6, 6.07) is 16.8. The molecule has 7 rings (SSSR count). The summed E-state index contributed by atoms with van der Waals surface area (Å²) >= 11 is 12.1. The van der Waals surface area contributed by atoms with Crippen LogP contribution in [0.4, 0.5) is 15.8 Å². The summed E-state index contributed by atoms with van der Waals surface area (Å²) < 4.78 is 14.7. The fourth-order valence-electron chi connectivity index (χ4n) is 7.41. The molecule has 1 saturated carbocycles. The lowest BCUT2D eigenvalue weighted by atomic mass is 9.57. The van der Waals surface area contributed by atoms with Gasteiger partial charge < -0.3 is 5.11 Å². The van der Waals surface area contributed by atoms with Crippen LogP contribution in [-0.2, 0) is 19.2 Å². The molecule has 2 saturated heterocycles. The quantitative estimate of drug-likeness (QED) is 0.297. The smallest absolute Gasteiger partial charge is 0.238 e. The van der Waals surface area contributed by atoms with Gasteiger partial charge in [0.15, 0.2) is 11.6 Å². The Bertz CT molecular complexity index is 1710. The summed E-state index contributed by atoms with van der Waals surface area (Å²) in [4.78, 5) is 57.8. The first kappa shape index (κ1) is 26.9. The number of carbonyl (C=O) groups excluding carboxylic acids is 4. The van der Waals surface area contributed by atoms with Gasteiger partial charge in [0.25, 0.3) is 0 Å². The van der Waals surface area contributed by atoms with Crippen molar-refractivity contribution in [2.24, 2.45) is 29.6 Å².